The lowest BCUT2D eigenvalue weighted by atomic mass is 10.1. The van der Waals surface area contributed by atoms with E-state index in [0.717, 1.165) is 38.1 Å². The number of benzene rings is 1. The average Bonchev–Trinajstić information content (AvgIpc) is 2.74. The molecule has 1 saturated heterocycles. The Morgan fingerprint density at radius 3 is 2.28 bits per heavy atom. The van der Waals surface area contributed by atoms with Crippen molar-refractivity contribution >= 4 is 45.9 Å². The van der Waals surface area contributed by atoms with Gasteiger partial charge in [0.25, 0.3) is 0 Å². The molecule has 0 aliphatic carbocycles. The van der Waals surface area contributed by atoms with Crippen LogP contribution in [0, 0.1) is 0 Å². The summed E-state index contributed by atoms with van der Waals surface area (Å²) in [7, 11) is -1.90. The Morgan fingerprint density at radius 1 is 1.06 bits per heavy atom. The minimum atomic E-state index is -3.63. The molecule has 0 atom stereocenters. The molecule has 1 fully saturated rings. The number of rotatable bonds is 5. The van der Waals surface area contributed by atoms with E-state index in [9.17, 15) is 8.42 Å². The fraction of sp³-hybridized carbons (Fsp3) is 0.476. The SMILES string of the molecule is CN=C(NCc1ccccc1S(=O)(=O)NC(C)(C)C)N1CCN(c2ncccn2)CC1.I. The smallest absolute Gasteiger partial charge is 0.241 e. The van der Waals surface area contributed by atoms with Crippen LogP contribution in [0.15, 0.2) is 52.6 Å². The number of anilines is 1. The Hall–Kier alpha value is -1.99. The van der Waals surface area contributed by atoms with Gasteiger partial charge in [0, 0.05) is 57.7 Å². The van der Waals surface area contributed by atoms with Crippen LogP contribution in [-0.4, -0.2) is 68.0 Å². The molecular weight excluding hydrogens is 541 g/mol. The summed E-state index contributed by atoms with van der Waals surface area (Å²) in [5, 5.41) is 3.32. The van der Waals surface area contributed by atoms with Crippen LogP contribution in [-0.2, 0) is 16.6 Å². The highest BCUT2D eigenvalue weighted by atomic mass is 127. The molecule has 2 N–H and O–H groups in total. The molecule has 0 amide bonds. The highest BCUT2D eigenvalue weighted by Gasteiger charge is 2.25. The second-order valence-electron chi connectivity index (χ2n) is 8.39. The summed E-state index contributed by atoms with van der Waals surface area (Å²) in [5.41, 5.74) is 0.133. The van der Waals surface area contributed by atoms with Gasteiger partial charge in [-0.05, 0) is 38.5 Å². The summed E-state index contributed by atoms with van der Waals surface area (Å²) >= 11 is 0. The van der Waals surface area contributed by atoms with Crippen LogP contribution in [0.2, 0.25) is 0 Å². The first kappa shape index (κ1) is 26.3. The lowest BCUT2D eigenvalue weighted by molar-refractivity contribution is 0.370. The maximum absolute atomic E-state index is 12.9. The van der Waals surface area contributed by atoms with Crippen molar-refractivity contribution in [3.05, 3.63) is 48.3 Å². The Morgan fingerprint density at radius 2 is 1.69 bits per heavy atom. The predicted octanol–water partition coefficient (Wildman–Crippen LogP) is 2.07. The van der Waals surface area contributed by atoms with Crippen LogP contribution >= 0.6 is 24.0 Å². The Kier molecular flexibility index (Phi) is 9.22. The molecule has 0 radical (unpaired) electrons. The standard InChI is InChI=1S/C21H31N7O2S.HI/c1-21(2,3)26-31(29,30)18-9-6-5-8-17(18)16-25-19(22-4)27-12-14-28(15-13-27)20-23-10-7-11-24-20;/h5-11,26H,12-16H2,1-4H3,(H,22,25);1H. The monoisotopic (exact) mass is 573 g/mol. The maximum Gasteiger partial charge on any atom is 0.241 e. The lowest BCUT2D eigenvalue weighted by Gasteiger charge is -2.36. The molecule has 176 valence electrons. The number of piperazine rings is 1. The number of sulfonamides is 1. The third-order valence-corrected chi connectivity index (χ3v) is 6.62. The van der Waals surface area contributed by atoms with Gasteiger partial charge in [0.1, 0.15) is 0 Å². The molecule has 9 nitrogen and oxygen atoms in total. The van der Waals surface area contributed by atoms with Gasteiger partial charge in [-0.25, -0.2) is 23.1 Å². The van der Waals surface area contributed by atoms with Crippen LogP contribution < -0.4 is 14.9 Å². The number of hydrogen-bond donors (Lipinski definition) is 2. The molecule has 2 aromatic rings. The fourth-order valence-electron chi connectivity index (χ4n) is 3.45. The second-order valence-corrected chi connectivity index (χ2v) is 10.0. The minimum absolute atomic E-state index is 0. The topological polar surface area (TPSA) is 103 Å². The fourth-order valence-corrected chi connectivity index (χ4v) is 5.11. The summed E-state index contributed by atoms with van der Waals surface area (Å²) in [6.45, 7) is 8.94. The van der Waals surface area contributed by atoms with Crippen molar-refractivity contribution in [3.8, 4) is 0 Å². The van der Waals surface area contributed by atoms with Gasteiger partial charge < -0.3 is 15.1 Å². The van der Waals surface area contributed by atoms with E-state index in [1.807, 2.05) is 32.9 Å². The van der Waals surface area contributed by atoms with E-state index in [1.54, 1.807) is 37.6 Å². The molecule has 32 heavy (non-hydrogen) atoms. The van der Waals surface area contributed by atoms with E-state index >= 15 is 0 Å². The van der Waals surface area contributed by atoms with Crippen LogP contribution in [0.5, 0.6) is 0 Å². The van der Waals surface area contributed by atoms with Crippen LogP contribution in [0.3, 0.4) is 0 Å². The molecule has 1 aromatic heterocycles. The zero-order chi connectivity index (χ0) is 22.5. The molecule has 0 unspecified atom stereocenters. The van der Waals surface area contributed by atoms with Crippen molar-refractivity contribution in [1.82, 2.24) is 24.9 Å². The minimum Gasteiger partial charge on any atom is -0.352 e. The highest BCUT2D eigenvalue weighted by molar-refractivity contribution is 14.0. The third-order valence-electron chi connectivity index (χ3n) is 4.77. The molecule has 1 aromatic carbocycles. The average molecular weight is 574 g/mol. The third kappa shape index (κ3) is 7.01. The summed E-state index contributed by atoms with van der Waals surface area (Å²) in [6.07, 6.45) is 3.49. The Labute approximate surface area is 207 Å². The largest absolute Gasteiger partial charge is 0.352 e. The zero-order valence-corrected chi connectivity index (χ0v) is 22.1. The molecule has 0 bridgehead atoms. The van der Waals surface area contributed by atoms with Gasteiger partial charge in [0.2, 0.25) is 16.0 Å². The maximum atomic E-state index is 12.9. The van der Waals surface area contributed by atoms with Gasteiger partial charge >= 0.3 is 0 Å². The van der Waals surface area contributed by atoms with Gasteiger partial charge in [-0.15, -0.1) is 24.0 Å². The van der Waals surface area contributed by atoms with Gasteiger partial charge in [0.15, 0.2) is 5.96 Å². The molecule has 3 rings (SSSR count). The van der Waals surface area contributed by atoms with Crippen molar-refractivity contribution in [2.45, 2.75) is 37.8 Å². The van der Waals surface area contributed by atoms with E-state index in [0.29, 0.717) is 12.1 Å². The van der Waals surface area contributed by atoms with Crippen molar-refractivity contribution in [3.63, 3.8) is 0 Å². The van der Waals surface area contributed by atoms with Gasteiger partial charge in [-0.2, -0.15) is 0 Å². The molecular formula is C21H32IN7O2S. The molecule has 0 spiro atoms. The first-order chi connectivity index (χ1) is 14.7. The van der Waals surface area contributed by atoms with Gasteiger partial charge in [0.05, 0.1) is 4.90 Å². The van der Waals surface area contributed by atoms with Crippen molar-refractivity contribution in [2.24, 2.45) is 4.99 Å². The number of halogens is 1. The number of nitrogens with zero attached hydrogens (tertiary/aromatic N) is 5. The molecule has 0 saturated carbocycles. The molecule has 1 aliphatic rings. The van der Waals surface area contributed by atoms with Crippen molar-refractivity contribution in [1.29, 1.82) is 0 Å². The number of hydrogen-bond acceptors (Lipinski definition) is 6. The highest BCUT2D eigenvalue weighted by Crippen LogP contribution is 2.18. The Balaban J connectivity index is 0.00000363. The lowest BCUT2D eigenvalue weighted by Crippen LogP contribution is -2.52. The van der Waals surface area contributed by atoms with Gasteiger partial charge in [-0.3, -0.25) is 4.99 Å². The number of guanidine groups is 1. The number of nitrogens with one attached hydrogen (secondary N) is 2. The second kappa shape index (κ2) is 11.2. The Bertz CT molecular complexity index is 1000. The van der Waals surface area contributed by atoms with E-state index in [1.165, 1.54) is 0 Å². The van der Waals surface area contributed by atoms with Crippen molar-refractivity contribution < 1.29 is 8.42 Å². The number of aromatic nitrogens is 2. The van der Waals surface area contributed by atoms with Crippen LogP contribution in [0.1, 0.15) is 26.3 Å². The van der Waals surface area contributed by atoms with Crippen LogP contribution in [0.4, 0.5) is 5.95 Å². The summed E-state index contributed by atoms with van der Waals surface area (Å²) in [6, 6.07) is 8.84. The zero-order valence-electron chi connectivity index (χ0n) is 18.9. The quantitative estimate of drug-likeness (QED) is 0.321. The normalized spacial score (nSPS) is 15.3. The summed E-state index contributed by atoms with van der Waals surface area (Å²) < 4.78 is 28.4. The summed E-state index contributed by atoms with van der Waals surface area (Å²) in [5.74, 6) is 1.47. The van der Waals surface area contributed by atoms with Gasteiger partial charge in [-0.1, -0.05) is 18.2 Å². The van der Waals surface area contributed by atoms with E-state index in [2.05, 4.69) is 34.8 Å². The van der Waals surface area contributed by atoms with Crippen molar-refractivity contribution in [2.75, 3.05) is 38.1 Å². The van der Waals surface area contributed by atoms with Crippen LogP contribution in [0.25, 0.3) is 0 Å². The van der Waals surface area contributed by atoms with E-state index in [4.69, 9.17) is 0 Å². The molecule has 1 aliphatic heterocycles. The van der Waals surface area contributed by atoms with E-state index in [-0.39, 0.29) is 28.9 Å². The predicted molar refractivity (Wildman–Crippen MR) is 138 cm³/mol. The van der Waals surface area contributed by atoms with E-state index < -0.39 is 15.6 Å². The summed E-state index contributed by atoms with van der Waals surface area (Å²) in [4.78, 5) is 17.6. The molecule has 2 heterocycles. The molecule has 11 heteroatoms. The first-order valence-corrected chi connectivity index (χ1v) is 11.8. The first-order valence-electron chi connectivity index (χ1n) is 10.3. The number of aliphatic imine (C=N–C) groups is 1.